The quantitative estimate of drug-likeness (QED) is 0.448. The molecule has 1 aromatic heterocycles. The van der Waals surface area contributed by atoms with Crippen LogP contribution in [-0.4, -0.2) is 20.4 Å². The van der Waals surface area contributed by atoms with Gasteiger partial charge in [0.2, 0.25) is 0 Å². The van der Waals surface area contributed by atoms with E-state index in [2.05, 4.69) is 4.98 Å². The third kappa shape index (κ3) is 2.57. The molecule has 0 aromatic carbocycles. The lowest BCUT2D eigenvalue weighted by molar-refractivity contribution is -0.392. The highest BCUT2D eigenvalue weighted by atomic mass is 35.5. The highest BCUT2D eigenvalue weighted by molar-refractivity contribution is 6.17. The first-order chi connectivity index (χ1) is 5.66. The molecule has 0 atom stereocenters. The van der Waals surface area contributed by atoms with Crippen molar-refractivity contribution < 1.29 is 4.92 Å². The van der Waals surface area contributed by atoms with Crippen LogP contribution in [0.3, 0.4) is 0 Å². The molecule has 74 valence electrons. The monoisotopic (exact) mass is 225 g/mol. The Bertz CT molecular complexity index is 300. The number of rotatable bonds is 3. The zero-order valence-electron chi connectivity index (χ0n) is 6.94. The largest absolute Gasteiger partial charge is 0.358 e. The summed E-state index contributed by atoms with van der Waals surface area (Å²) in [4.78, 5) is 13.8. The standard InChI is InChI=1S/C6H8ClN3O2.ClH/c1-5-8-4-6(10(11)12)9(5)3-2-7;/h4H,2-3H2,1H3;1H. The number of aromatic nitrogens is 2. The van der Waals surface area contributed by atoms with Gasteiger partial charge >= 0.3 is 5.82 Å². The summed E-state index contributed by atoms with van der Waals surface area (Å²) in [5.74, 6) is 0.952. The van der Waals surface area contributed by atoms with Crippen LogP contribution in [-0.2, 0) is 6.54 Å². The molecule has 0 spiro atoms. The summed E-state index contributed by atoms with van der Waals surface area (Å²) in [5, 5.41) is 10.4. The van der Waals surface area contributed by atoms with Crippen molar-refractivity contribution >= 4 is 29.8 Å². The van der Waals surface area contributed by atoms with Crippen LogP contribution < -0.4 is 0 Å². The molecule has 0 amide bonds. The fourth-order valence-corrected chi connectivity index (χ4v) is 1.13. The van der Waals surface area contributed by atoms with E-state index in [9.17, 15) is 10.1 Å². The van der Waals surface area contributed by atoms with Crippen molar-refractivity contribution in [1.29, 1.82) is 0 Å². The summed E-state index contributed by atoms with van der Waals surface area (Å²) in [6.07, 6.45) is 1.24. The minimum absolute atomic E-state index is 0. The van der Waals surface area contributed by atoms with Crippen LogP contribution in [0.5, 0.6) is 0 Å². The summed E-state index contributed by atoms with van der Waals surface area (Å²) < 4.78 is 1.48. The minimum atomic E-state index is -0.466. The second kappa shape index (κ2) is 5.04. The molecule has 0 fully saturated rings. The Morgan fingerprint density at radius 2 is 2.38 bits per heavy atom. The molecule has 0 radical (unpaired) electrons. The van der Waals surface area contributed by atoms with Gasteiger partial charge in [-0.1, -0.05) is 0 Å². The van der Waals surface area contributed by atoms with E-state index in [1.165, 1.54) is 10.8 Å². The third-order valence-corrected chi connectivity index (χ3v) is 1.70. The van der Waals surface area contributed by atoms with E-state index in [0.29, 0.717) is 18.2 Å². The van der Waals surface area contributed by atoms with Crippen molar-refractivity contribution in [2.75, 3.05) is 5.88 Å². The summed E-state index contributed by atoms with van der Waals surface area (Å²) >= 11 is 5.47. The van der Waals surface area contributed by atoms with E-state index in [1.807, 2.05) is 0 Å². The van der Waals surface area contributed by atoms with Crippen molar-refractivity contribution in [2.45, 2.75) is 13.5 Å². The van der Waals surface area contributed by atoms with Crippen LogP contribution in [0.4, 0.5) is 5.82 Å². The fourth-order valence-electron chi connectivity index (χ4n) is 0.963. The van der Waals surface area contributed by atoms with Gasteiger partial charge in [0.05, 0.1) is 5.88 Å². The van der Waals surface area contributed by atoms with E-state index in [0.717, 1.165) is 0 Å². The van der Waals surface area contributed by atoms with Gasteiger partial charge in [-0.05, 0) is 4.92 Å². The average Bonchev–Trinajstić information content (AvgIpc) is 2.34. The van der Waals surface area contributed by atoms with Gasteiger partial charge in [0.25, 0.3) is 0 Å². The molecule has 1 heterocycles. The molecule has 1 aromatic rings. The van der Waals surface area contributed by atoms with Crippen LogP contribution in [0.2, 0.25) is 0 Å². The van der Waals surface area contributed by atoms with Crippen LogP contribution >= 0.6 is 24.0 Å². The summed E-state index contributed by atoms with van der Waals surface area (Å²) in [5.41, 5.74) is 0. The molecular formula is C6H9Cl2N3O2. The van der Waals surface area contributed by atoms with Gasteiger partial charge < -0.3 is 10.1 Å². The Morgan fingerprint density at radius 1 is 1.77 bits per heavy atom. The normalized spacial score (nSPS) is 9.38. The SMILES string of the molecule is Cc1ncc([N+](=O)[O-])n1CCCl.Cl. The molecule has 0 N–H and O–H groups in total. The highest BCUT2D eigenvalue weighted by Crippen LogP contribution is 2.12. The Labute approximate surface area is 86.3 Å². The zero-order valence-corrected chi connectivity index (χ0v) is 8.51. The minimum Gasteiger partial charge on any atom is -0.358 e. The molecule has 0 aliphatic rings. The number of alkyl halides is 1. The van der Waals surface area contributed by atoms with Gasteiger partial charge in [-0.2, -0.15) is 0 Å². The molecule has 0 saturated heterocycles. The molecule has 0 aliphatic carbocycles. The molecule has 7 heteroatoms. The van der Waals surface area contributed by atoms with E-state index in [4.69, 9.17) is 11.6 Å². The maximum atomic E-state index is 10.4. The van der Waals surface area contributed by atoms with E-state index in [-0.39, 0.29) is 18.2 Å². The van der Waals surface area contributed by atoms with Crippen molar-refractivity contribution in [2.24, 2.45) is 0 Å². The number of imidazole rings is 1. The van der Waals surface area contributed by atoms with Crippen LogP contribution in [0.1, 0.15) is 5.82 Å². The molecular weight excluding hydrogens is 217 g/mol. The van der Waals surface area contributed by atoms with E-state index >= 15 is 0 Å². The fraction of sp³-hybridized carbons (Fsp3) is 0.500. The second-order valence-electron chi connectivity index (χ2n) is 2.26. The maximum absolute atomic E-state index is 10.4. The Morgan fingerprint density at radius 3 is 2.85 bits per heavy atom. The van der Waals surface area contributed by atoms with Crippen molar-refractivity contribution in [3.05, 3.63) is 22.1 Å². The molecule has 13 heavy (non-hydrogen) atoms. The van der Waals surface area contributed by atoms with Gasteiger partial charge in [-0.15, -0.1) is 24.0 Å². The van der Waals surface area contributed by atoms with Gasteiger partial charge in [0.15, 0.2) is 5.82 Å². The van der Waals surface area contributed by atoms with E-state index < -0.39 is 4.92 Å². The summed E-state index contributed by atoms with van der Waals surface area (Å²) in [7, 11) is 0. The molecule has 0 unspecified atom stereocenters. The molecule has 0 bridgehead atoms. The Kier molecular flexibility index (Phi) is 4.72. The molecule has 0 aliphatic heterocycles. The number of nitrogens with zero attached hydrogens (tertiary/aromatic N) is 3. The van der Waals surface area contributed by atoms with Crippen molar-refractivity contribution in [3.63, 3.8) is 0 Å². The number of hydrogen-bond donors (Lipinski definition) is 0. The van der Waals surface area contributed by atoms with Crippen molar-refractivity contribution in [1.82, 2.24) is 9.55 Å². The first-order valence-corrected chi connectivity index (χ1v) is 3.92. The van der Waals surface area contributed by atoms with Gasteiger partial charge in [0, 0.05) is 6.92 Å². The number of nitro groups is 1. The van der Waals surface area contributed by atoms with Crippen LogP contribution in [0.25, 0.3) is 0 Å². The Balaban J connectivity index is 0.00000144. The third-order valence-electron chi connectivity index (χ3n) is 1.53. The number of halogens is 2. The lowest BCUT2D eigenvalue weighted by atomic mass is 10.6. The Hall–Kier alpha value is -0.810. The molecule has 5 nitrogen and oxygen atoms in total. The second-order valence-corrected chi connectivity index (χ2v) is 2.64. The predicted molar refractivity (Wildman–Crippen MR) is 51.6 cm³/mol. The zero-order chi connectivity index (χ0) is 9.14. The first-order valence-electron chi connectivity index (χ1n) is 3.39. The van der Waals surface area contributed by atoms with Gasteiger partial charge in [0.1, 0.15) is 12.7 Å². The molecule has 1 rings (SSSR count). The molecule has 0 saturated carbocycles. The summed E-state index contributed by atoms with van der Waals surface area (Å²) in [6, 6.07) is 0. The highest BCUT2D eigenvalue weighted by Gasteiger charge is 2.15. The number of hydrogen-bond acceptors (Lipinski definition) is 3. The smallest absolute Gasteiger partial charge is 0.342 e. The van der Waals surface area contributed by atoms with Crippen LogP contribution in [0.15, 0.2) is 6.20 Å². The summed E-state index contributed by atoms with van der Waals surface area (Å²) in [6.45, 7) is 2.13. The van der Waals surface area contributed by atoms with Crippen molar-refractivity contribution in [3.8, 4) is 0 Å². The predicted octanol–water partition coefficient (Wildman–Crippen LogP) is 1.76. The maximum Gasteiger partial charge on any atom is 0.342 e. The number of aryl methyl sites for hydroxylation is 1. The topological polar surface area (TPSA) is 61.0 Å². The first kappa shape index (κ1) is 12.2. The lowest BCUT2D eigenvalue weighted by Gasteiger charge is -1.98. The van der Waals surface area contributed by atoms with Gasteiger partial charge in [-0.3, -0.25) is 0 Å². The average molecular weight is 226 g/mol. The van der Waals surface area contributed by atoms with Crippen LogP contribution in [0, 0.1) is 17.0 Å². The van der Waals surface area contributed by atoms with E-state index in [1.54, 1.807) is 6.92 Å². The lowest BCUT2D eigenvalue weighted by Crippen LogP contribution is -2.05. The van der Waals surface area contributed by atoms with Gasteiger partial charge in [-0.25, -0.2) is 9.55 Å².